The van der Waals surface area contributed by atoms with Crippen molar-refractivity contribution in [3.05, 3.63) is 45.0 Å². The SMILES string of the molecule is CNCC(CC(=O)OC(C)O[N+](=O)[O-])c1ccc(Cl)cc1. The Kier molecular flexibility index (Phi) is 6.90. The highest BCUT2D eigenvalue weighted by Gasteiger charge is 2.19. The monoisotopic (exact) mass is 316 g/mol. The van der Waals surface area contributed by atoms with Crippen LogP contribution in [0.1, 0.15) is 24.8 Å². The quantitative estimate of drug-likeness (QED) is 0.342. The molecular weight excluding hydrogens is 300 g/mol. The van der Waals surface area contributed by atoms with Crippen molar-refractivity contribution in [2.24, 2.45) is 0 Å². The van der Waals surface area contributed by atoms with Gasteiger partial charge in [0.2, 0.25) is 6.29 Å². The first-order valence-electron chi connectivity index (χ1n) is 6.33. The van der Waals surface area contributed by atoms with Crippen LogP contribution in [0, 0.1) is 10.1 Å². The van der Waals surface area contributed by atoms with Crippen LogP contribution in [0.25, 0.3) is 0 Å². The van der Waals surface area contributed by atoms with E-state index in [4.69, 9.17) is 16.3 Å². The fraction of sp³-hybridized carbons (Fsp3) is 0.462. The number of benzene rings is 1. The number of nitrogens with one attached hydrogen (secondary N) is 1. The minimum absolute atomic E-state index is 0.0773. The van der Waals surface area contributed by atoms with Crippen molar-refractivity contribution in [2.45, 2.75) is 25.6 Å². The van der Waals surface area contributed by atoms with Gasteiger partial charge in [-0.3, -0.25) is 9.63 Å². The lowest BCUT2D eigenvalue weighted by Crippen LogP contribution is -2.25. The van der Waals surface area contributed by atoms with Crippen LogP contribution in [0.3, 0.4) is 0 Å². The molecule has 0 heterocycles. The first-order chi connectivity index (χ1) is 9.92. The molecule has 0 spiro atoms. The molecule has 21 heavy (non-hydrogen) atoms. The van der Waals surface area contributed by atoms with Crippen LogP contribution in [0.2, 0.25) is 5.02 Å². The molecule has 0 aliphatic rings. The fourth-order valence-corrected chi connectivity index (χ4v) is 1.99. The van der Waals surface area contributed by atoms with Crippen molar-refractivity contribution in [2.75, 3.05) is 13.6 Å². The Morgan fingerprint density at radius 3 is 2.57 bits per heavy atom. The summed E-state index contributed by atoms with van der Waals surface area (Å²) in [6.07, 6.45) is -1.15. The molecule has 0 fully saturated rings. The Morgan fingerprint density at radius 2 is 2.05 bits per heavy atom. The zero-order valence-corrected chi connectivity index (χ0v) is 12.5. The first kappa shape index (κ1) is 17.2. The molecular formula is C13H17ClN2O5. The van der Waals surface area contributed by atoms with Gasteiger partial charge in [0.25, 0.3) is 5.09 Å². The van der Waals surface area contributed by atoms with Crippen LogP contribution in [0.15, 0.2) is 24.3 Å². The summed E-state index contributed by atoms with van der Waals surface area (Å²) in [4.78, 5) is 26.1. The zero-order chi connectivity index (χ0) is 15.8. The Bertz CT molecular complexity index is 480. The summed E-state index contributed by atoms with van der Waals surface area (Å²) in [7, 11) is 1.77. The number of carbonyl (C=O) groups is 1. The second-order valence-corrected chi connectivity index (χ2v) is 4.83. The normalized spacial score (nSPS) is 13.3. The van der Waals surface area contributed by atoms with E-state index in [2.05, 4.69) is 10.2 Å². The molecule has 1 aromatic rings. The number of halogens is 1. The maximum Gasteiger partial charge on any atom is 0.308 e. The van der Waals surface area contributed by atoms with E-state index in [9.17, 15) is 14.9 Å². The number of carbonyl (C=O) groups excluding carboxylic acids is 1. The molecule has 1 N–H and O–H groups in total. The lowest BCUT2D eigenvalue weighted by atomic mass is 9.96. The topological polar surface area (TPSA) is 90.7 Å². The molecule has 0 aromatic heterocycles. The Hall–Kier alpha value is -1.86. The summed E-state index contributed by atoms with van der Waals surface area (Å²) < 4.78 is 4.83. The summed E-state index contributed by atoms with van der Waals surface area (Å²) in [6.45, 7) is 1.84. The van der Waals surface area contributed by atoms with Gasteiger partial charge in [0.15, 0.2) is 0 Å². The van der Waals surface area contributed by atoms with Crippen LogP contribution in [0.4, 0.5) is 0 Å². The number of rotatable bonds is 8. The largest absolute Gasteiger partial charge is 0.435 e. The van der Waals surface area contributed by atoms with Crippen LogP contribution in [-0.2, 0) is 14.4 Å². The maximum atomic E-state index is 11.8. The van der Waals surface area contributed by atoms with Crippen LogP contribution in [-0.4, -0.2) is 30.9 Å². The summed E-state index contributed by atoms with van der Waals surface area (Å²) in [5.41, 5.74) is 0.925. The van der Waals surface area contributed by atoms with Gasteiger partial charge in [0.1, 0.15) is 0 Å². The van der Waals surface area contributed by atoms with Gasteiger partial charge in [-0.1, -0.05) is 23.7 Å². The minimum atomic E-state index is -1.23. The molecule has 116 valence electrons. The number of likely N-dealkylation sites (N-methyl/N-ethyl adjacent to an activating group) is 1. The minimum Gasteiger partial charge on any atom is -0.435 e. The van der Waals surface area contributed by atoms with Crippen molar-refractivity contribution in [3.8, 4) is 0 Å². The average molecular weight is 317 g/mol. The number of nitrogens with zero attached hydrogens (tertiary/aromatic N) is 1. The highest BCUT2D eigenvalue weighted by molar-refractivity contribution is 6.30. The Labute approximate surface area is 127 Å². The Balaban J connectivity index is 2.63. The second-order valence-electron chi connectivity index (χ2n) is 4.40. The van der Waals surface area contributed by atoms with Gasteiger partial charge in [-0.15, -0.1) is 10.1 Å². The molecule has 0 saturated heterocycles. The number of esters is 1. The molecule has 1 rings (SSSR count). The van der Waals surface area contributed by atoms with E-state index in [1.54, 1.807) is 19.2 Å². The summed E-state index contributed by atoms with van der Waals surface area (Å²) in [5, 5.41) is 12.7. The van der Waals surface area contributed by atoms with Crippen LogP contribution in [0.5, 0.6) is 0 Å². The molecule has 1 aromatic carbocycles. The average Bonchev–Trinajstić information content (AvgIpc) is 2.37. The lowest BCUT2D eigenvalue weighted by molar-refractivity contribution is -0.777. The summed E-state index contributed by atoms with van der Waals surface area (Å²) in [6, 6.07) is 7.13. The van der Waals surface area contributed by atoms with Gasteiger partial charge in [-0.05, 0) is 31.7 Å². The Morgan fingerprint density at radius 1 is 1.43 bits per heavy atom. The van der Waals surface area contributed by atoms with Crippen molar-refractivity contribution in [1.29, 1.82) is 0 Å². The van der Waals surface area contributed by atoms with Gasteiger partial charge in [-0.2, -0.15) is 0 Å². The first-order valence-corrected chi connectivity index (χ1v) is 6.71. The van der Waals surface area contributed by atoms with Gasteiger partial charge in [-0.25, -0.2) is 0 Å². The molecule has 7 nitrogen and oxygen atoms in total. The number of ether oxygens (including phenoxy) is 1. The predicted octanol–water partition coefficient (Wildman–Crippen LogP) is 2.13. The third-order valence-electron chi connectivity index (χ3n) is 2.74. The van der Waals surface area contributed by atoms with Gasteiger partial charge < -0.3 is 10.1 Å². The molecule has 8 heteroatoms. The molecule has 0 saturated carbocycles. The van der Waals surface area contributed by atoms with Crippen LogP contribution >= 0.6 is 11.6 Å². The number of hydrogen-bond donors (Lipinski definition) is 1. The third-order valence-corrected chi connectivity index (χ3v) is 2.99. The van der Waals surface area contributed by atoms with Gasteiger partial charge in [0.05, 0.1) is 6.42 Å². The van der Waals surface area contributed by atoms with Gasteiger partial charge >= 0.3 is 5.97 Å². The molecule has 2 unspecified atom stereocenters. The second kappa shape index (κ2) is 8.43. The van der Waals surface area contributed by atoms with E-state index in [1.165, 1.54) is 6.92 Å². The standard InChI is InChI=1S/C13H17ClN2O5/c1-9(21-16(18)19)20-13(17)7-11(8-15-2)10-3-5-12(14)6-4-10/h3-6,9,11,15H,7-8H2,1-2H3. The molecule has 2 atom stereocenters. The summed E-state index contributed by atoms with van der Waals surface area (Å²) >= 11 is 5.83. The van der Waals surface area contributed by atoms with Crippen molar-refractivity contribution < 1.29 is 19.5 Å². The lowest BCUT2D eigenvalue weighted by Gasteiger charge is -2.18. The molecule has 0 bridgehead atoms. The molecule has 0 aliphatic heterocycles. The van der Waals surface area contributed by atoms with E-state index in [-0.39, 0.29) is 12.3 Å². The smallest absolute Gasteiger partial charge is 0.308 e. The van der Waals surface area contributed by atoms with Crippen molar-refractivity contribution >= 4 is 17.6 Å². The summed E-state index contributed by atoms with van der Waals surface area (Å²) in [5.74, 6) is -0.692. The van der Waals surface area contributed by atoms with E-state index in [1.807, 2.05) is 12.1 Å². The van der Waals surface area contributed by atoms with Gasteiger partial charge in [0, 0.05) is 17.5 Å². The molecule has 0 aliphatic carbocycles. The van der Waals surface area contributed by atoms with E-state index in [0.717, 1.165) is 5.56 Å². The van der Waals surface area contributed by atoms with Crippen molar-refractivity contribution in [3.63, 3.8) is 0 Å². The highest BCUT2D eigenvalue weighted by atomic mass is 35.5. The molecule has 0 radical (unpaired) electrons. The highest BCUT2D eigenvalue weighted by Crippen LogP contribution is 2.22. The van der Waals surface area contributed by atoms with E-state index >= 15 is 0 Å². The number of hydrogen-bond acceptors (Lipinski definition) is 6. The maximum absolute atomic E-state index is 11.8. The molecule has 0 amide bonds. The predicted molar refractivity (Wildman–Crippen MR) is 76.4 cm³/mol. The third kappa shape index (κ3) is 6.42. The fourth-order valence-electron chi connectivity index (χ4n) is 1.87. The van der Waals surface area contributed by atoms with Crippen LogP contribution < -0.4 is 5.32 Å². The zero-order valence-electron chi connectivity index (χ0n) is 11.7. The van der Waals surface area contributed by atoms with E-state index in [0.29, 0.717) is 11.6 Å². The van der Waals surface area contributed by atoms with E-state index < -0.39 is 17.3 Å². The van der Waals surface area contributed by atoms with Crippen molar-refractivity contribution in [1.82, 2.24) is 5.32 Å².